The summed E-state index contributed by atoms with van der Waals surface area (Å²) in [5.41, 5.74) is -3.04. The van der Waals surface area contributed by atoms with Gasteiger partial charge in [0.05, 0.1) is 16.3 Å². The van der Waals surface area contributed by atoms with Crippen LogP contribution in [0, 0.1) is 0 Å². The van der Waals surface area contributed by atoms with Crippen LogP contribution < -0.4 is 13.5 Å². The topological polar surface area (TPSA) is 56.5 Å². The molecule has 0 bridgehead atoms. The number of aryl methyl sites for hydroxylation is 1. The minimum atomic E-state index is -5.76. The Morgan fingerprint density at radius 1 is 0.933 bits per heavy atom. The molecule has 0 spiro atoms. The second kappa shape index (κ2) is 6.09. The van der Waals surface area contributed by atoms with Crippen LogP contribution in [0.3, 0.4) is 0 Å². The quantitative estimate of drug-likeness (QED) is 0.174. The maximum atomic E-state index is 12.7. The molecule has 3 aromatic carbocycles. The lowest BCUT2D eigenvalue weighted by Crippen LogP contribution is -2.33. The number of aromatic nitrogens is 1. The van der Waals surface area contributed by atoms with Gasteiger partial charge in [-0.2, -0.15) is 26.2 Å². The number of halogens is 3. The Morgan fingerprint density at radius 3 is 2.43 bits per heavy atom. The van der Waals surface area contributed by atoms with Crippen molar-refractivity contribution in [3.8, 4) is 28.5 Å². The molecule has 1 aromatic heterocycles. The first-order valence-corrected chi connectivity index (χ1v) is 10.2. The average molecular weight is 432 g/mol. The zero-order chi connectivity index (χ0) is 21.3. The second-order valence-corrected chi connectivity index (χ2v) is 8.38. The average Bonchev–Trinajstić information content (AvgIpc) is 2.69. The molecule has 9 heteroatoms. The summed E-state index contributed by atoms with van der Waals surface area (Å²) < 4.78 is 73.2. The number of nitrogens with zero attached hydrogens (tertiary/aromatic N) is 1. The highest BCUT2D eigenvalue weighted by Crippen LogP contribution is 2.46. The van der Waals surface area contributed by atoms with Crippen LogP contribution in [0.4, 0.5) is 13.2 Å². The van der Waals surface area contributed by atoms with Crippen LogP contribution in [0.25, 0.3) is 32.9 Å². The summed E-state index contributed by atoms with van der Waals surface area (Å²) in [7, 11) is -3.93. The Balaban J connectivity index is 1.81. The fraction of sp³-hybridized carbons (Fsp3) is 0.0952. The predicted molar refractivity (Wildman–Crippen MR) is 104 cm³/mol. The van der Waals surface area contributed by atoms with E-state index in [0.29, 0.717) is 27.8 Å². The summed E-state index contributed by atoms with van der Waals surface area (Å²) in [4.78, 5) is 0. The molecule has 30 heavy (non-hydrogen) atoms. The summed E-state index contributed by atoms with van der Waals surface area (Å²) in [6.45, 7) is 0. The molecule has 152 valence electrons. The monoisotopic (exact) mass is 432 g/mol. The molecule has 5 rings (SSSR count). The van der Waals surface area contributed by atoms with E-state index >= 15 is 0 Å². The molecule has 5 nitrogen and oxygen atoms in total. The molecule has 0 fully saturated rings. The zero-order valence-corrected chi connectivity index (χ0v) is 16.2. The lowest BCUT2D eigenvalue weighted by Gasteiger charge is -2.20. The van der Waals surface area contributed by atoms with Crippen molar-refractivity contribution in [1.29, 1.82) is 0 Å². The van der Waals surface area contributed by atoms with Crippen LogP contribution in [-0.2, 0) is 17.2 Å². The van der Waals surface area contributed by atoms with Crippen LogP contribution in [0.1, 0.15) is 0 Å². The maximum Gasteiger partial charge on any atom is 0.534 e. The molecule has 1 aliphatic heterocycles. The third-order valence-corrected chi connectivity index (χ3v) is 6.05. The first-order valence-electron chi connectivity index (χ1n) is 8.84. The molecule has 0 saturated heterocycles. The molecule has 0 N–H and O–H groups in total. The first kappa shape index (κ1) is 18.7. The van der Waals surface area contributed by atoms with Crippen molar-refractivity contribution in [2.75, 3.05) is 0 Å². The highest BCUT2D eigenvalue weighted by atomic mass is 32.2. The fourth-order valence-electron chi connectivity index (χ4n) is 3.81. The SMILES string of the molecule is C[n+]1c2c3c(cccc3c3cc(OS(=O)(=O)C(F)(F)F)ccc31)Oc1ccccc1-2. The van der Waals surface area contributed by atoms with Gasteiger partial charge in [0.1, 0.15) is 24.3 Å². The molecule has 0 saturated carbocycles. The molecule has 0 unspecified atom stereocenters. The Kier molecular flexibility index (Phi) is 3.79. The summed E-state index contributed by atoms with van der Waals surface area (Å²) in [5.74, 6) is 0.884. The van der Waals surface area contributed by atoms with E-state index in [-0.39, 0.29) is 0 Å². The van der Waals surface area contributed by atoms with Crippen molar-refractivity contribution in [2.45, 2.75) is 5.51 Å². The Bertz CT molecular complexity index is 1460. The number of fused-ring (bicyclic) bond motifs is 4. The van der Waals surface area contributed by atoms with Crippen LogP contribution in [-0.4, -0.2) is 13.9 Å². The van der Waals surface area contributed by atoms with Gasteiger partial charge in [-0.3, -0.25) is 0 Å². The number of hydrogen-bond acceptors (Lipinski definition) is 4. The highest BCUT2D eigenvalue weighted by molar-refractivity contribution is 7.88. The van der Waals surface area contributed by atoms with Crippen molar-refractivity contribution in [3.05, 3.63) is 60.7 Å². The van der Waals surface area contributed by atoms with Gasteiger partial charge in [0.25, 0.3) is 0 Å². The van der Waals surface area contributed by atoms with E-state index < -0.39 is 21.4 Å². The van der Waals surface area contributed by atoms with Gasteiger partial charge in [-0.15, -0.1) is 0 Å². The van der Waals surface area contributed by atoms with Crippen LogP contribution in [0.2, 0.25) is 0 Å². The number of pyridine rings is 1. The summed E-state index contributed by atoms with van der Waals surface area (Å²) in [6, 6.07) is 17.0. The third kappa shape index (κ3) is 2.62. The molecule has 4 aromatic rings. The van der Waals surface area contributed by atoms with Crippen LogP contribution in [0.15, 0.2) is 60.7 Å². The Morgan fingerprint density at radius 2 is 1.67 bits per heavy atom. The second-order valence-electron chi connectivity index (χ2n) is 6.85. The van der Waals surface area contributed by atoms with E-state index in [1.54, 1.807) is 6.07 Å². The van der Waals surface area contributed by atoms with Gasteiger partial charge in [-0.05, 0) is 30.3 Å². The predicted octanol–water partition coefficient (Wildman–Crippen LogP) is 4.82. The minimum Gasteiger partial charge on any atom is -0.456 e. The molecule has 0 amide bonds. The Labute approximate surface area is 169 Å². The molecule has 1 aliphatic rings. The summed E-state index contributed by atoms with van der Waals surface area (Å²) >= 11 is 0. The summed E-state index contributed by atoms with van der Waals surface area (Å²) in [5, 5.41) is 2.03. The molecule has 0 radical (unpaired) electrons. The van der Waals surface area contributed by atoms with E-state index in [2.05, 4.69) is 4.18 Å². The zero-order valence-electron chi connectivity index (χ0n) is 15.4. The molecular formula is C21H13F3NO4S+. The van der Waals surface area contributed by atoms with E-state index in [4.69, 9.17) is 4.74 Å². The largest absolute Gasteiger partial charge is 0.534 e. The number of alkyl halides is 3. The summed E-state index contributed by atoms with van der Waals surface area (Å²) in [6.07, 6.45) is 0. The normalized spacial score (nSPS) is 13.2. The van der Waals surface area contributed by atoms with Crippen molar-refractivity contribution in [2.24, 2.45) is 7.05 Å². The number of hydrogen-bond donors (Lipinski definition) is 0. The van der Waals surface area contributed by atoms with Crippen molar-refractivity contribution >= 4 is 31.8 Å². The van der Waals surface area contributed by atoms with Gasteiger partial charge in [-0.1, -0.05) is 24.3 Å². The van der Waals surface area contributed by atoms with Gasteiger partial charge in [0, 0.05) is 11.5 Å². The number of para-hydroxylation sites is 1. The smallest absolute Gasteiger partial charge is 0.456 e. The standard InChI is InChI=1S/C21H13F3NO4S/c1-25-16-10-9-12(29-30(26,27)21(22,23)24)11-15(16)13-6-4-8-18-19(13)20(25)14-5-2-3-7-17(14)28-18/h2-11H,1H3/q+1. The lowest BCUT2D eigenvalue weighted by molar-refractivity contribution is -0.632. The van der Waals surface area contributed by atoms with Crippen molar-refractivity contribution in [3.63, 3.8) is 0 Å². The first-order chi connectivity index (χ1) is 14.2. The fourth-order valence-corrected chi connectivity index (χ4v) is 4.26. The molecular weight excluding hydrogens is 419 g/mol. The number of rotatable bonds is 2. The van der Waals surface area contributed by atoms with Gasteiger partial charge < -0.3 is 8.92 Å². The van der Waals surface area contributed by atoms with E-state index in [1.807, 2.05) is 48.0 Å². The molecule has 0 aliphatic carbocycles. The van der Waals surface area contributed by atoms with E-state index in [1.165, 1.54) is 18.2 Å². The number of ether oxygens (including phenoxy) is 1. The molecule has 2 heterocycles. The third-order valence-electron chi connectivity index (χ3n) is 5.07. The van der Waals surface area contributed by atoms with Crippen molar-refractivity contribution < 1.29 is 35.1 Å². The maximum absolute atomic E-state index is 12.7. The van der Waals surface area contributed by atoms with Gasteiger partial charge in [-0.25, -0.2) is 0 Å². The molecule has 0 atom stereocenters. The van der Waals surface area contributed by atoms with Gasteiger partial charge in [0.15, 0.2) is 0 Å². The van der Waals surface area contributed by atoms with Gasteiger partial charge in [0.2, 0.25) is 11.2 Å². The Hall–Kier alpha value is -3.33. The highest BCUT2D eigenvalue weighted by Gasteiger charge is 2.48. The van der Waals surface area contributed by atoms with Crippen LogP contribution in [0.5, 0.6) is 17.2 Å². The van der Waals surface area contributed by atoms with Crippen LogP contribution >= 0.6 is 0 Å². The lowest BCUT2D eigenvalue weighted by atomic mass is 9.96. The van der Waals surface area contributed by atoms with Crippen molar-refractivity contribution in [1.82, 2.24) is 0 Å². The van der Waals surface area contributed by atoms with E-state index in [0.717, 1.165) is 16.6 Å². The van der Waals surface area contributed by atoms with E-state index in [9.17, 15) is 21.6 Å². The minimum absolute atomic E-state index is 0.419. The van der Waals surface area contributed by atoms with Gasteiger partial charge >= 0.3 is 15.6 Å². The number of benzene rings is 3.